The highest BCUT2D eigenvalue weighted by Gasteiger charge is 2.28. The molecule has 0 aliphatic carbocycles. The maximum Gasteiger partial charge on any atom is 0.242 e. The van der Waals surface area contributed by atoms with Gasteiger partial charge in [-0.25, -0.2) is 4.39 Å². The molecule has 1 N–H and O–H groups in total. The van der Waals surface area contributed by atoms with E-state index in [9.17, 15) is 14.0 Å². The second-order valence-electron chi connectivity index (χ2n) is 7.66. The predicted molar refractivity (Wildman–Crippen MR) is 126 cm³/mol. The molecule has 6 heteroatoms. The molecule has 2 aromatic carbocycles. The summed E-state index contributed by atoms with van der Waals surface area (Å²) in [6.07, 6.45) is 2.44. The zero-order valence-corrected chi connectivity index (χ0v) is 19.5. The van der Waals surface area contributed by atoms with Gasteiger partial charge in [0.2, 0.25) is 11.8 Å². The molecule has 0 spiro atoms. The average molecular weight is 445 g/mol. The summed E-state index contributed by atoms with van der Waals surface area (Å²) in [6, 6.07) is 14.1. The van der Waals surface area contributed by atoms with E-state index in [0.717, 1.165) is 24.0 Å². The number of nitrogens with zero attached hydrogens (tertiary/aromatic N) is 1. The molecule has 4 nitrogen and oxygen atoms in total. The quantitative estimate of drug-likeness (QED) is 0.464. The van der Waals surface area contributed by atoms with Gasteiger partial charge in [0.25, 0.3) is 0 Å². The third-order valence-electron chi connectivity index (χ3n) is 5.09. The normalized spacial score (nSPS) is 11.7. The van der Waals surface area contributed by atoms with Gasteiger partial charge in [-0.15, -0.1) is 11.8 Å². The Kier molecular flexibility index (Phi) is 10.6. The Labute approximate surface area is 189 Å². The minimum atomic E-state index is -0.529. The monoisotopic (exact) mass is 444 g/mol. The van der Waals surface area contributed by atoms with Gasteiger partial charge in [0.15, 0.2) is 0 Å². The van der Waals surface area contributed by atoms with Gasteiger partial charge < -0.3 is 10.2 Å². The van der Waals surface area contributed by atoms with Gasteiger partial charge in [-0.2, -0.15) is 0 Å². The number of hydrogen-bond acceptors (Lipinski definition) is 3. The lowest BCUT2D eigenvalue weighted by molar-refractivity contribution is -0.139. The Bertz CT molecular complexity index is 859. The summed E-state index contributed by atoms with van der Waals surface area (Å²) in [5.41, 5.74) is 2.68. The number of carbonyl (C=O) groups excluding carboxylic acids is 2. The topological polar surface area (TPSA) is 49.4 Å². The summed E-state index contributed by atoms with van der Waals surface area (Å²) in [5.74, 6) is 0.118. The van der Waals surface area contributed by atoms with Crippen LogP contribution < -0.4 is 5.32 Å². The summed E-state index contributed by atoms with van der Waals surface area (Å²) in [5, 5.41) is 2.97. The third-order valence-corrected chi connectivity index (χ3v) is 6.06. The van der Waals surface area contributed by atoms with Crippen LogP contribution in [-0.4, -0.2) is 35.1 Å². The Balaban J connectivity index is 2.11. The molecule has 0 saturated carbocycles. The van der Waals surface area contributed by atoms with E-state index >= 15 is 0 Å². The number of halogens is 1. The number of nitrogens with one attached hydrogen (secondary N) is 1. The van der Waals surface area contributed by atoms with Gasteiger partial charge in [-0.1, -0.05) is 68.3 Å². The molecule has 0 bridgehead atoms. The van der Waals surface area contributed by atoms with Gasteiger partial charge in [-0.05, 0) is 37.0 Å². The molecule has 0 aliphatic heterocycles. The van der Waals surface area contributed by atoms with Crippen LogP contribution in [0.5, 0.6) is 0 Å². The highest BCUT2D eigenvalue weighted by Crippen LogP contribution is 2.19. The molecule has 2 rings (SSSR count). The van der Waals surface area contributed by atoms with Crippen LogP contribution in [0.2, 0.25) is 0 Å². The van der Waals surface area contributed by atoms with Crippen molar-refractivity contribution in [3.8, 4) is 0 Å². The first-order chi connectivity index (χ1) is 15.0. The number of rotatable bonds is 12. The Hall–Kier alpha value is -2.34. The van der Waals surface area contributed by atoms with Gasteiger partial charge in [0, 0.05) is 18.8 Å². The molecule has 0 aliphatic rings. The van der Waals surface area contributed by atoms with E-state index in [1.165, 1.54) is 17.8 Å². The van der Waals surface area contributed by atoms with Crippen molar-refractivity contribution in [1.82, 2.24) is 10.2 Å². The molecule has 31 heavy (non-hydrogen) atoms. The number of thioether (sulfide) groups is 1. The van der Waals surface area contributed by atoms with Gasteiger partial charge in [-0.3, -0.25) is 9.59 Å². The fourth-order valence-corrected chi connectivity index (χ4v) is 4.28. The Morgan fingerprint density at radius 1 is 1.13 bits per heavy atom. The number of unbranched alkanes of at least 4 members (excludes halogenated alkanes) is 1. The SMILES string of the molecule is CCCCNC(=O)[C@@H](CC)N(Cc1cccc(C)c1)C(=O)CSCc1ccccc1F. The first-order valence-electron chi connectivity index (χ1n) is 10.9. The van der Waals surface area contributed by atoms with E-state index in [1.807, 2.05) is 38.1 Å². The van der Waals surface area contributed by atoms with E-state index in [-0.39, 0.29) is 23.4 Å². The van der Waals surface area contributed by atoms with E-state index in [2.05, 4.69) is 12.2 Å². The molecule has 0 radical (unpaired) electrons. The van der Waals surface area contributed by atoms with Gasteiger partial charge in [0.05, 0.1) is 5.75 Å². The minimum Gasteiger partial charge on any atom is -0.354 e. The van der Waals surface area contributed by atoms with Crippen molar-refractivity contribution in [1.29, 1.82) is 0 Å². The first-order valence-corrected chi connectivity index (χ1v) is 12.1. The molecule has 0 fully saturated rings. The maximum absolute atomic E-state index is 13.9. The maximum atomic E-state index is 13.9. The molecule has 0 unspecified atom stereocenters. The largest absolute Gasteiger partial charge is 0.354 e. The lowest BCUT2D eigenvalue weighted by Gasteiger charge is -2.30. The molecule has 1 atom stereocenters. The summed E-state index contributed by atoms with van der Waals surface area (Å²) >= 11 is 1.37. The zero-order valence-electron chi connectivity index (χ0n) is 18.7. The number of hydrogen-bond donors (Lipinski definition) is 1. The van der Waals surface area contributed by atoms with Crippen LogP contribution in [0.15, 0.2) is 48.5 Å². The Morgan fingerprint density at radius 3 is 2.58 bits per heavy atom. The number of aryl methyl sites for hydroxylation is 1. The molecular formula is C25H33FN2O2S. The Morgan fingerprint density at radius 2 is 1.90 bits per heavy atom. The molecule has 0 saturated heterocycles. The zero-order chi connectivity index (χ0) is 22.6. The van der Waals surface area contributed by atoms with Crippen molar-refractivity contribution in [3.63, 3.8) is 0 Å². The smallest absolute Gasteiger partial charge is 0.242 e. The summed E-state index contributed by atoms with van der Waals surface area (Å²) in [6.45, 7) is 6.99. The van der Waals surface area contributed by atoms with Crippen molar-refractivity contribution >= 4 is 23.6 Å². The summed E-state index contributed by atoms with van der Waals surface area (Å²) in [7, 11) is 0. The molecule has 2 amide bonds. The number of benzene rings is 2. The summed E-state index contributed by atoms with van der Waals surface area (Å²) < 4.78 is 13.9. The van der Waals surface area contributed by atoms with E-state index in [1.54, 1.807) is 23.1 Å². The molecule has 2 aromatic rings. The van der Waals surface area contributed by atoms with E-state index in [0.29, 0.717) is 30.8 Å². The van der Waals surface area contributed by atoms with Crippen molar-refractivity contribution < 1.29 is 14.0 Å². The van der Waals surface area contributed by atoms with Crippen LogP contribution in [0.1, 0.15) is 49.8 Å². The lowest BCUT2D eigenvalue weighted by atomic mass is 10.1. The van der Waals surface area contributed by atoms with Crippen molar-refractivity contribution in [3.05, 3.63) is 71.0 Å². The lowest BCUT2D eigenvalue weighted by Crippen LogP contribution is -2.49. The fraction of sp³-hybridized carbons (Fsp3) is 0.440. The van der Waals surface area contributed by atoms with Gasteiger partial charge in [0.1, 0.15) is 11.9 Å². The average Bonchev–Trinajstić information content (AvgIpc) is 2.75. The second-order valence-corrected chi connectivity index (χ2v) is 8.65. The van der Waals surface area contributed by atoms with Crippen molar-refractivity contribution in [2.45, 2.75) is 58.4 Å². The van der Waals surface area contributed by atoms with E-state index < -0.39 is 6.04 Å². The number of amides is 2. The summed E-state index contributed by atoms with van der Waals surface area (Å²) in [4.78, 5) is 27.7. The minimum absolute atomic E-state index is 0.111. The van der Waals surface area contributed by atoms with Crippen molar-refractivity contribution in [2.75, 3.05) is 12.3 Å². The van der Waals surface area contributed by atoms with Crippen LogP contribution in [0.4, 0.5) is 4.39 Å². The second kappa shape index (κ2) is 13.2. The molecule has 0 aromatic heterocycles. The highest BCUT2D eigenvalue weighted by molar-refractivity contribution is 7.99. The molecule has 0 heterocycles. The van der Waals surface area contributed by atoms with Crippen LogP contribution in [0, 0.1) is 12.7 Å². The standard InChI is InChI=1S/C25H33FN2O2S/c1-4-6-14-27-25(30)23(5-2)28(16-20-11-9-10-19(3)15-20)24(29)18-31-17-21-12-7-8-13-22(21)26/h7-13,15,23H,4-6,14,16-18H2,1-3H3,(H,27,30)/t23-/m1/s1. The predicted octanol–water partition coefficient (Wildman–Crippen LogP) is 5.09. The first kappa shape index (κ1) is 24.9. The van der Waals surface area contributed by atoms with Crippen molar-refractivity contribution in [2.24, 2.45) is 0 Å². The van der Waals surface area contributed by atoms with Gasteiger partial charge >= 0.3 is 0 Å². The molecule has 168 valence electrons. The van der Waals surface area contributed by atoms with E-state index in [4.69, 9.17) is 0 Å². The number of carbonyl (C=O) groups is 2. The van der Waals surface area contributed by atoms with Crippen LogP contribution in [0.3, 0.4) is 0 Å². The molecular weight excluding hydrogens is 411 g/mol. The van der Waals surface area contributed by atoms with Crippen LogP contribution >= 0.6 is 11.8 Å². The van der Waals surface area contributed by atoms with Crippen LogP contribution in [-0.2, 0) is 21.9 Å². The highest BCUT2D eigenvalue weighted by atomic mass is 32.2. The third kappa shape index (κ3) is 8.02. The fourth-order valence-electron chi connectivity index (χ4n) is 3.38. The van der Waals surface area contributed by atoms with Crippen LogP contribution in [0.25, 0.3) is 0 Å².